The zero-order chi connectivity index (χ0) is 13.0. The minimum absolute atomic E-state index is 0.0512. The summed E-state index contributed by atoms with van der Waals surface area (Å²) in [6.07, 6.45) is 2.71. The van der Waals surface area contributed by atoms with Gasteiger partial charge in [0.2, 0.25) is 0 Å². The molecule has 1 aliphatic rings. The number of aromatic nitrogens is 1. The van der Waals surface area contributed by atoms with E-state index in [1.807, 2.05) is 4.90 Å². The molecule has 1 aromatic rings. The van der Waals surface area contributed by atoms with Crippen LogP contribution in [0.25, 0.3) is 0 Å². The molecule has 0 aliphatic carbocycles. The number of hydrogen-bond acceptors (Lipinski definition) is 3. The number of carbonyl (C=O) groups is 1. The summed E-state index contributed by atoms with van der Waals surface area (Å²) >= 11 is 5.71. The van der Waals surface area contributed by atoms with Gasteiger partial charge in [-0.3, -0.25) is 9.69 Å². The number of carbonyl (C=O) groups excluding carboxylic acids is 1. The van der Waals surface area contributed by atoms with Crippen molar-refractivity contribution in [2.24, 2.45) is 0 Å². The van der Waals surface area contributed by atoms with Crippen molar-refractivity contribution in [3.63, 3.8) is 0 Å². The van der Waals surface area contributed by atoms with E-state index in [1.165, 1.54) is 0 Å². The van der Waals surface area contributed by atoms with Gasteiger partial charge >= 0.3 is 0 Å². The molecule has 1 amide bonds. The summed E-state index contributed by atoms with van der Waals surface area (Å²) in [6.45, 7) is 6.80. The third kappa shape index (κ3) is 3.21. The molecule has 0 spiro atoms. The Bertz CT molecular complexity index is 399. The van der Waals surface area contributed by atoms with Crippen molar-refractivity contribution in [2.75, 3.05) is 32.7 Å². The molecular formula is C13H18ClN3O. The summed E-state index contributed by atoms with van der Waals surface area (Å²) < 4.78 is 0. The third-order valence-corrected chi connectivity index (χ3v) is 3.40. The van der Waals surface area contributed by atoms with Crippen LogP contribution >= 0.6 is 11.6 Å². The zero-order valence-electron chi connectivity index (χ0n) is 10.6. The van der Waals surface area contributed by atoms with Gasteiger partial charge in [-0.25, -0.2) is 4.98 Å². The smallest absolute Gasteiger partial charge is 0.255 e. The standard InChI is InChI=1S/C13H18ClN3O/c1-2-5-16-6-8-17(9-7-16)13(18)11-3-4-12(14)15-10-11/h3-4,10H,2,5-9H2,1H3. The molecule has 1 aliphatic heterocycles. The number of rotatable bonds is 3. The van der Waals surface area contributed by atoms with Crippen LogP contribution in [-0.4, -0.2) is 53.4 Å². The second-order valence-corrected chi connectivity index (χ2v) is 4.89. The molecule has 0 atom stereocenters. The monoisotopic (exact) mass is 267 g/mol. The lowest BCUT2D eigenvalue weighted by Crippen LogP contribution is -2.48. The van der Waals surface area contributed by atoms with Crippen LogP contribution in [0.5, 0.6) is 0 Å². The number of pyridine rings is 1. The Hall–Kier alpha value is -1.13. The van der Waals surface area contributed by atoms with Gasteiger partial charge in [-0.05, 0) is 25.1 Å². The van der Waals surface area contributed by atoms with E-state index in [4.69, 9.17) is 11.6 Å². The van der Waals surface area contributed by atoms with Crippen LogP contribution in [-0.2, 0) is 0 Å². The third-order valence-electron chi connectivity index (χ3n) is 3.17. The highest BCUT2D eigenvalue weighted by Crippen LogP contribution is 2.10. The van der Waals surface area contributed by atoms with Crippen molar-refractivity contribution in [2.45, 2.75) is 13.3 Å². The van der Waals surface area contributed by atoms with E-state index in [0.717, 1.165) is 39.1 Å². The molecular weight excluding hydrogens is 250 g/mol. The summed E-state index contributed by atoms with van der Waals surface area (Å²) in [5.41, 5.74) is 0.614. The van der Waals surface area contributed by atoms with Gasteiger partial charge in [-0.15, -0.1) is 0 Å². The highest BCUT2D eigenvalue weighted by molar-refractivity contribution is 6.29. The lowest BCUT2D eigenvalue weighted by molar-refractivity contribution is 0.0637. The predicted octanol–water partition coefficient (Wildman–Crippen LogP) is 1.90. The number of nitrogens with zero attached hydrogens (tertiary/aromatic N) is 3. The molecule has 0 saturated carbocycles. The molecule has 1 saturated heterocycles. The summed E-state index contributed by atoms with van der Waals surface area (Å²) in [6, 6.07) is 3.39. The SMILES string of the molecule is CCCN1CCN(C(=O)c2ccc(Cl)nc2)CC1. The van der Waals surface area contributed by atoms with E-state index < -0.39 is 0 Å². The van der Waals surface area contributed by atoms with Crippen molar-refractivity contribution >= 4 is 17.5 Å². The Morgan fingerprint density at radius 2 is 2.06 bits per heavy atom. The maximum absolute atomic E-state index is 12.2. The van der Waals surface area contributed by atoms with E-state index in [9.17, 15) is 4.79 Å². The Morgan fingerprint density at radius 1 is 1.33 bits per heavy atom. The molecule has 18 heavy (non-hydrogen) atoms. The maximum atomic E-state index is 12.2. The second kappa shape index (κ2) is 6.16. The van der Waals surface area contributed by atoms with E-state index in [0.29, 0.717) is 10.7 Å². The number of hydrogen-bond donors (Lipinski definition) is 0. The summed E-state index contributed by atoms with van der Waals surface area (Å²) in [5.74, 6) is 0.0512. The van der Waals surface area contributed by atoms with Crippen LogP contribution in [0.1, 0.15) is 23.7 Å². The average Bonchev–Trinajstić information content (AvgIpc) is 2.40. The fraction of sp³-hybridized carbons (Fsp3) is 0.538. The fourth-order valence-corrected chi connectivity index (χ4v) is 2.29. The van der Waals surface area contributed by atoms with E-state index in [2.05, 4.69) is 16.8 Å². The molecule has 1 aromatic heterocycles. The predicted molar refractivity (Wildman–Crippen MR) is 71.9 cm³/mol. The minimum atomic E-state index is 0.0512. The molecule has 1 fully saturated rings. The van der Waals surface area contributed by atoms with Crippen molar-refractivity contribution in [1.82, 2.24) is 14.8 Å². The number of halogens is 1. The molecule has 0 bridgehead atoms. The Kier molecular flexibility index (Phi) is 4.55. The van der Waals surface area contributed by atoms with Crippen LogP contribution in [0.4, 0.5) is 0 Å². The van der Waals surface area contributed by atoms with Crippen molar-refractivity contribution < 1.29 is 4.79 Å². The van der Waals surface area contributed by atoms with Gasteiger partial charge < -0.3 is 4.90 Å². The Labute approximate surface area is 113 Å². The molecule has 0 unspecified atom stereocenters. The van der Waals surface area contributed by atoms with Crippen LogP contribution in [0.15, 0.2) is 18.3 Å². The van der Waals surface area contributed by atoms with Crippen LogP contribution < -0.4 is 0 Å². The van der Waals surface area contributed by atoms with Gasteiger partial charge in [0, 0.05) is 32.4 Å². The summed E-state index contributed by atoms with van der Waals surface area (Å²) in [7, 11) is 0. The van der Waals surface area contributed by atoms with Crippen molar-refractivity contribution in [3.8, 4) is 0 Å². The average molecular weight is 268 g/mol. The maximum Gasteiger partial charge on any atom is 0.255 e. The highest BCUT2D eigenvalue weighted by atomic mass is 35.5. The topological polar surface area (TPSA) is 36.4 Å². The van der Waals surface area contributed by atoms with Crippen LogP contribution in [0.2, 0.25) is 5.15 Å². The quantitative estimate of drug-likeness (QED) is 0.785. The van der Waals surface area contributed by atoms with Crippen LogP contribution in [0, 0.1) is 0 Å². The summed E-state index contributed by atoms with van der Waals surface area (Å²) in [4.78, 5) is 20.4. The van der Waals surface area contributed by atoms with Crippen LogP contribution in [0.3, 0.4) is 0 Å². The molecule has 2 rings (SSSR count). The van der Waals surface area contributed by atoms with E-state index >= 15 is 0 Å². The lowest BCUT2D eigenvalue weighted by Gasteiger charge is -2.34. The highest BCUT2D eigenvalue weighted by Gasteiger charge is 2.21. The van der Waals surface area contributed by atoms with Gasteiger partial charge in [0.1, 0.15) is 5.15 Å². The first-order valence-corrected chi connectivity index (χ1v) is 6.71. The number of amides is 1. The van der Waals surface area contributed by atoms with Gasteiger partial charge in [-0.2, -0.15) is 0 Å². The van der Waals surface area contributed by atoms with Gasteiger partial charge in [0.05, 0.1) is 5.56 Å². The normalized spacial score (nSPS) is 16.9. The molecule has 0 N–H and O–H groups in total. The van der Waals surface area contributed by atoms with Gasteiger partial charge in [0.25, 0.3) is 5.91 Å². The van der Waals surface area contributed by atoms with Crippen molar-refractivity contribution in [1.29, 1.82) is 0 Å². The molecule has 5 heteroatoms. The second-order valence-electron chi connectivity index (χ2n) is 4.50. The molecule has 0 aromatic carbocycles. The Balaban J connectivity index is 1.93. The first kappa shape index (κ1) is 13.3. The van der Waals surface area contributed by atoms with Crippen molar-refractivity contribution in [3.05, 3.63) is 29.0 Å². The lowest BCUT2D eigenvalue weighted by atomic mass is 10.2. The van der Waals surface area contributed by atoms with Gasteiger partial charge in [-0.1, -0.05) is 18.5 Å². The molecule has 4 nitrogen and oxygen atoms in total. The largest absolute Gasteiger partial charge is 0.336 e. The first-order chi connectivity index (χ1) is 8.70. The van der Waals surface area contributed by atoms with E-state index in [1.54, 1.807) is 18.3 Å². The molecule has 2 heterocycles. The zero-order valence-corrected chi connectivity index (χ0v) is 11.4. The van der Waals surface area contributed by atoms with Gasteiger partial charge in [0.15, 0.2) is 0 Å². The Morgan fingerprint density at radius 3 is 2.61 bits per heavy atom. The minimum Gasteiger partial charge on any atom is -0.336 e. The fourth-order valence-electron chi connectivity index (χ4n) is 2.18. The molecule has 98 valence electrons. The summed E-state index contributed by atoms with van der Waals surface area (Å²) in [5, 5.41) is 0.416. The molecule has 0 radical (unpaired) electrons. The van der Waals surface area contributed by atoms with E-state index in [-0.39, 0.29) is 5.91 Å². The number of piperazine rings is 1. The first-order valence-electron chi connectivity index (χ1n) is 6.34.